The van der Waals surface area contributed by atoms with E-state index in [0.717, 1.165) is 24.0 Å². The van der Waals surface area contributed by atoms with E-state index < -0.39 is 11.6 Å². The second-order valence-corrected chi connectivity index (χ2v) is 5.74. The SMILES string of the molecule is Fc1ccc(F)c(NC(=S)NCCSc2ccccc2)c1. The van der Waals surface area contributed by atoms with Crippen molar-refractivity contribution in [2.75, 3.05) is 17.6 Å². The maximum absolute atomic E-state index is 13.4. The Bertz CT molecular complexity index is 606. The second kappa shape index (κ2) is 7.95. The zero-order valence-corrected chi connectivity index (χ0v) is 12.7. The average Bonchev–Trinajstić information content (AvgIpc) is 2.48. The van der Waals surface area contributed by atoms with Crippen molar-refractivity contribution in [3.8, 4) is 0 Å². The molecule has 0 radical (unpaired) electrons. The minimum atomic E-state index is -0.542. The zero-order chi connectivity index (χ0) is 15.1. The fourth-order valence-electron chi connectivity index (χ4n) is 1.61. The van der Waals surface area contributed by atoms with Gasteiger partial charge in [-0.1, -0.05) is 18.2 Å². The zero-order valence-electron chi connectivity index (χ0n) is 11.1. The summed E-state index contributed by atoms with van der Waals surface area (Å²) < 4.78 is 26.4. The van der Waals surface area contributed by atoms with Gasteiger partial charge >= 0.3 is 0 Å². The Morgan fingerprint density at radius 1 is 1.10 bits per heavy atom. The Labute approximate surface area is 131 Å². The molecule has 0 unspecified atom stereocenters. The van der Waals surface area contributed by atoms with Gasteiger partial charge < -0.3 is 10.6 Å². The van der Waals surface area contributed by atoms with E-state index in [-0.39, 0.29) is 10.8 Å². The van der Waals surface area contributed by atoms with Crippen LogP contribution in [0, 0.1) is 11.6 Å². The van der Waals surface area contributed by atoms with Crippen LogP contribution in [0.15, 0.2) is 53.4 Å². The Hall–Kier alpha value is -1.66. The van der Waals surface area contributed by atoms with E-state index in [0.29, 0.717) is 6.54 Å². The Balaban J connectivity index is 1.74. The van der Waals surface area contributed by atoms with Crippen LogP contribution >= 0.6 is 24.0 Å². The lowest BCUT2D eigenvalue weighted by atomic mass is 10.3. The van der Waals surface area contributed by atoms with Gasteiger partial charge in [-0.3, -0.25) is 0 Å². The molecule has 0 fully saturated rings. The molecule has 110 valence electrons. The van der Waals surface area contributed by atoms with Crippen LogP contribution in [-0.2, 0) is 0 Å². The lowest BCUT2D eigenvalue weighted by Crippen LogP contribution is -2.30. The summed E-state index contributed by atoms with van der Waals surface area (Å²) in [5, 5.41) is 5.88. The average molecular weight is 324 g/mol. The van der Waals surface area contributed by atoms with Gasteiger partial charge in [0.25, 0.3) is 0 Å². The first-order valence-corrected chi connectivity index (χ1v) is 7.72. The van der Waals surface area contributed by atoms with Gasteiger partial charge in [0.15, 0.2) is 5.11 Å². The first kappa shape index (κ1) is 15.7. The van der Waals surface area contributed by atoms with Crippen LogP contribution in [-0.4, -0.2) is 17.4 Å². The molecule has 21 heavy (non-hydrogen) atoms. The molecule has 0 aliphatic heterocycles. The predicted molar refractivity (Wildman–Crippen MR) is 87.7 cm³/mol. The highest BCUT2D eigenvalue weighted by Crippen LogP contribution is 2.16. The normalized spacial score (nSPS) is 10.2. The Morgan fingerprint density at radius 3 is 2.62 bits per heavy atom. The van der Waals surface area contributed by atoms with Crippen LogP contribution in [0.4, 0.5) is 14.5 Å². The van der Waals surface area contributed by atoms with Gasteiger partial charge in [0.05, 0.1) is 5.69 Å². The van der Waals surface area contributed by atoms with E-state index in [1.807, 2.05) is 30.3 Å². The summed E-state index contributed by atoms with van der Waals surface area (Å²) in [6.07, 6.45) is 0. The van der Waals surface area contributed by atoms with Crippen molar-refractivity contribution in [2.45, 2.75) is 4.90 Å². The molecule has 0 bridgehead atoms. The van der Waals surface area contributed by atoms with E-state index in [1.54, 1.807) is 11.8 Å². The summed E-state index contributed by atoms with van der Waals surface area (Å²) in [7, 11) is 0. The molecular formula is C15H14F2N2S2. The summed E-state index contributed by atoms with van der Waals surface area (Å²) in [6.45, 7) is 0.627. The highest BCUT2D eigenvalue weighted by Gasteiger charge is 2.05. The van der Waals surface area contributed by atoms with E-state index in [1.165, 1.54) is 4.90 Å². The van der Waals surface area contributed by atoms with Crippen molar-refractivity contribution in [2.24, 2.45) is 0 Å². The third-order valence-electron chi connectivity index (χ3n) is 2.58. The molecule has 2 aromatic rings. The number of anilines is 1. The van der Waals surface area contributed by atoms with Crippen molar-refractivity contribution in [3.05, 3.63) is 60.2 Å². The highest BCUT2D eigenvalue weighted by molar-refractivity contribution is 7.99. The molecule has 2 rings (SSSR count). The van der Waals surface area contributed by atoms with E-state index >= 15 is 0 Å². The number of halogens is 2. The van der Waals surface area contributed by atoms with Crippen LogP contribution < -0.4 is 10.6 Å². The lowest BCUT2D eigenvalue weighted by molar-refractivity contribution is 0.604. The van der Waals surface area contributed by atoms with E-state index in [2.05, 4.69) is 10.6 Å². The van der Waals surface area contributed by atoms with Gasteiger partial charge in [0, 0.05) is 23.3 Å². The van der Waals surface area contributed by atoms with E-state index in [9.17, 15) is 8.78 Å². The summed E-state index contributed by atoms with van der Waals surface area (Å²) in [5.74, 6) is -0.238. The Kier molecular flexibility index (Phi) is 5.95. The van der Waals surface area contributed by atoms with Crippen molar-refractivity contribution in [3.63, 3.8) is 0 Å². The van der Waals surface area contributed by atoms with Crippen LogP contribution in [0.25, 0.3) is 0 Å². The molecule has 6 heteroatoms. The van der Waals surface area contributed by atoms with Crippen molar-refractivity contribution in [1.29, 1.82) is 0 Å². The molecule has 0 saturated heterocycles. The standard InChI is InChI=1S/C15H14F2N2S2/c16-11-6-7-13(17)14(10-11)19-15(20)18-8-9-21-12-4-2-1-3-5-12/h1-7,10H,8-9H2,(H2,18,19,20). The minimum Gasteiger partial charge on any atom is -0.362 e. The molecule has 0 heterocycles. The first-order chi connectivity index (χ1) is 10.1. The molecule has 2 N–H and O–H groups in total. The van der Waals surface area contributed by atoms with Crippen molar-refractivity contribution >= 4 is 34.8 Å². The second-order valence-electron chi connectivity index (χ2n) is 4.17. The highest BCUT2D eigenvalue weighted by atomic mass is 32.2. The fourth-order valence-corrected chi connectivity index (χ4v) is 2.61. The van der Waals surface area contributed by atoms with Gasteiger partial charge in [-0.2, -0.15) is 0 Å². The van der Waals surface area contributed by atoms with Gasteiger partial charge in [-0.15, -0.1) is 11.8 Å². The van der Waals surface area contributed by atoms with Crippen LogP contribution in [0.1, 0.15) is 0 Å². The van der Waals surface area contributed by atoms with Crippen LogP contribution in [0.5, 0.6) is 0 Å². The third-order valence-corrected chi connectivity index (χ3v) is 3.84. The summed E-state index contributed by atoms with van der Waals surface area (Å²) >= 11 is 6.74. The lowest BCUT2D eigenvalue weighted by Gasteiger charge is -2.11. The van der Waals surface area contributed by atoms with Gasteiger partial charge in [-0.05, 0) is 36.5 Å². The molecule has 0 aromatic heterocycles. The number of rotatable bonds is 5. The number of thioether (sulfide) groups is 1. The molecule has 2 aromatic carbocycles. The molecule has 0 saturated carbocycles. The van der Waals surface area contributed by atoms with Gasteiger partial charge in [0.2, 0.25) is 0 Å². The molecule has 2 nitrogen and oxygen atoms in total. The maximum Gasteiger partial charge on any atom is 0.170 e. The predicted octanol–water partition coefficient (Wildman–Crippen LogP) is 4.04. The molecule has 0 spiro atoms. The fraction of sp³-hybridized carbons (Fsp3) is 0.133. The van der Waals surface area contributed by atoms with Crippen molar-refractivity contribution in [1.82, 2.24) is 5.32 Å². The minimum absolute atomic E-state index is 0.0308. The molecule has 0 amide bonds. The summed E-state index contributed by atoms with van der Waals surface area (Å²) in [6, 6.07) is 13.2. The topological polar surface area (TPSA) is 24.1 Å². The first-order valence-electron chi connectivity index (χ1n) is 6.33. The maximum atomic E-state index is 13.4. The molecule has 0 aliphatic rings. The van der Waals surface area contributed by atoms with Gasteiger partial charge in [-0.25, -0.2) is 8.78 Å². The molecule has 0 aliphatic carbocycles. The Morgan fingerprint density at radius 2 is 1.86 bits per heavy atom. The van der Waals surface area contributed by atoms with Crippen LogP contribution in [0.2, 0.25) is 0 Å². The summed E-state index contributed by atoms with van der Waals surface area (Å²) in [4.78, 5) is 1.18. The number of hydrogen-bond donors (Lipinski definition) is 2. The number of benzene rings is 2. The number of nitrogens with one attached hydrogen (secondary N) is 2. The monoisotopic (exact) mass is 324 g/mol. The third kappa shape index (κ3) is 5.32. The number of hydrogen-bond acceptors (Lipinski definition) is 2. The molecular weight excluding hydrogens is 310 g/mol. The van der Waals surface area contributed by atoms with Gasteiger partial charge in [0.1, 0.15) is 11.6 Å². The summed E-state index contributed by atoms with van der Waals surface area (Å²) in [5.41, 5.74) is 0.0308. The smallest absolute Gasteiger partial charge is 0.170 e. The quantitative estimate of drug-likeness (QED) is 0.492. The van der Waals surface area contributed by atoms with Crippen LogP contribution in [0.3, 0.4) is 0 Å². The number of thiocarbonyl (C=S) groups is 1. The molecule has 0 atom stereocenters. The van der Waals surface area contributed by atoms with E-state index in [4.69, 9.17) is 12.2 Å². The largest absolute Gasteiger partial charge is 0.362 e. The van der Waals surface area contributed by atoms with Crippen molar-refractivity contribution < 1.29 is 8.78 Å².